The number of urea groups is 1. The summed E-state index contributed by atoms with van der Waals surface area (Å²) in [7, 11) is 0. The minimum atomic E-state index is -0.0799. The Hall–Kier alpha value is -2.99. The van der Waals surface area contributed by atoms with E-state index in [0.717, 1.165) is 28.5 Å². The number of halogens is 1. The van der Waals surface area contributed by atoms with Gasteiger partial charge >= 0.3 is 6.03 Å². The smallest absolute Gasteiger partial charge is 0.341 e. The Morgan fingerprint density at radius 2 is 1.97 bits per heavy atom. The molecule has 0 saturated carbocycles. The molecule has 13 heteroatoms. The number of aromatic nitrogens is 5. The molecular weight excluding hydrogens is 464 g/mol. The van der Waals surface area contributed by atoms with Gasteiger partial charge in [0, 0.05) is 49.5 Å². The van der Waals surface area contributed by atoms with Gasteiger partial charge in [-0.2, -0.15) is 26.1 Å². The number of carbonyl (C=O) groups excluding carboxylic acids is 1. The number of nitrogens with zero attached hydrogens (tertiary/aromatic N) is 9. The summed E-state index contributed by atoms with van der Waals surface area (Å²) >= 11 is 7.49. The Morgan fingerprint density at radius 3 is 2.64 bits per heavy atom. The Labute approximate surface area is 200 Å². The van der Waals surface area contributed by atoms with Crippen LogP contribution in [0.4, 0.5) is 10.7 Å². The maximum atomic E-state index is 13.2. The van der Waals surface area contributed by atoms with E-state index in [2.05, 4.69) is 35.9 Å². The topological polar surface area (TPSA) is 108 Å². The third kappa shape index (κ3) is 4.20. The van der Waals surface area contributed by atoms with E-state index in [0.29, 0.717) is 54.6 Å². The second kappa shape index (κ2) is 8.75. The highest BCUT2D eigenvalue weighted by Gasteiger charge is 2.35. The van der Waals surface area contributed by atoms with Crippen molar-refractivity contribution in [3.8, 4) is 5.82 Å². The lowest BCUT2D eigenvalue weighted by Crippen LogP contribution is -2.54. The van der Waals surface area contributed by atoms with Gasteiger partial charge in [-0.3, -0.25) is 0 Å². The first-order valence-electron chi connectivity index (χ1n) is 10.7. The van der Waals surface area contributed by atoms with Crippen molar-refractivity contribution in [2.75, 3.05) is 31.1 Å². The van der Waals surface area contributed by atoms with Crippen LogP contribution in [0.2, 0.25) is 5.02 Å². The van der Waals surface area contributed by atoms with Crippen LogP contribution in [0, 0.1) is 13.8 Å². The van der Waals surface area contributed by atoms with Crippen molar-refractivity contribution in [2.24, 2.45) is 5.10 Å². The van der Waals surface area contributed by atoms with Gasteiger partial charge in [0.1, 0.15) is 22.7 Å². The summed E-state index contributed by atoms with van der Waals surface area (Å²) in [6.45, 7) is 8.04. The van der Waals surface area contributed by atoms with Gasteiger partial charge in [-0.1, -0.05) is 11.6 Å². The molecule has 0 radical (unpaired) electrons. The summed E-state index contributed by atoms with van der Waals surface area (Å²) in [5.41, 5.74) is 1.04. The van der Waals surface area contributed by atoms with Crippen LogP contribution in [0.3, 0.4) is 0 Å². The van der Waals surface area contributed by atoms with E-state index in [9.17, 15) is 4.79 Å². The number of anilines is 1. The predicted molar refractivity (Wildman–Crippen MR) is 130 cm³/mol. The average Bonchev–Trinajstić information content (AvgIpc) is 3.53. The van der Waals surface area contributed by atoms with Crippen molar-refractivity contribution in [1.82, 2.24) is 40.0 Å². The maximum absolute atomic E-state index is 13.2. The number of piperazine rings is 1. The van der Waals surface area contributed by atoms with Gasteiger partial charge < -0.3 is 15.1 Å². The fourth-order valence-electron chi connectivity index (χ4n) is 4.08. The predicted octanol–water partition coefficient (Wildman–Crippen LogP) is 1.69. The molecule has 1 unspecified atom stereocenters. The van der Waals surface area contributed by atoms with Crippen molar-refractivity contribution in [2.45, 2.75) is 33.2 Å². The number of hydrogen-bond donors (Lipinski definition) is 2. The molecule has 0 aromatic carbocycles. The van der Waals surface area contributed by atoms with E-state index >= 15 is 0 Å². The van der Waals surface area contributed by atoms with E-state index in [4.69, 9.17) is 11.6 Å². The normalized spacial score (nSPS) is 20.5. The van der Waals surface area contributed by atoms with Gasteiger partial charge in [0.05, 0.1) is 6.20 Å². The molecule has 0 bridgehead atoms. The molecule has 11 nitrogen and oxygen atoms in total. The zero-order valence-electron chi connectivity index (χ0n) is 18.6. The number of hydrazone groups is 1. The van der Waals surface area contributed by atoms with Crippen LogP contribution in [0.25, 0.3) is 5.82 Å². The zero-order valence-corrected chi connectivity index (χ0v) is 20.3. The molecule has 1 fully saturated rings. The standard InChI is InChI=1S/C20H25ClN10OS/c1-12-24-13(2)30(27-12)18-15(21)10-22-19(26-18)28-6-8-29(9-7-28)20(32)31-17(4-5-23-31)16-11-33-14(3)25-16/h5,10-11,17,25,33H,4,6-9H2,1-3H3. The summed E-state index contributed by atoms with van der Waals surface area (Å²) < 4.78 is 1.62. The molecule has 5 heterocycles. The Bertz CT molecular complexity index is 1180. The highest BCUT2D eigenvalue weighted by Crippen LogP contribution is 2.25. The second-order valence-electron chi connectivity index (χ2n) is 8.03. The highest BCUT2D eigenvalue weighted by atomic mass is 35.5. The molecule has 2 amide bonds. The second-order valence-corrected chi connectivity index (χ2v) is 9.63. The summed E-state index contributed by atoms with van der Waals surface area (Å²) in [6, 6.07) is -0.152. The summed E-state index contributed by atoms with van der Waals surface area (Å²) in [5, 5.41) is 16.2. The molecule has 0 spiro atoms. The SMILES string of the molecule is CC1=[SH]C=C(C2CC=NN2C(=O)N2CCN(c3ncc(Cl)c(-n4nc(C)nc4C)n3)CC2)N1. The first-order valence-corrected chi connectivity index (χ1v) is 12.0. The average molecular weight is 489 g/mol. The molecule has 3 aliphatic rings. The van der Waals surface area contributed by atoms with Crippen molar-refractivity contribution < 1.29 is 4.79 Å². The number of nitrogens with one attached hydrogen (secondary N) is 1. The number of thiol groups is 1. The molecule has 3 aliphatic heterocycles. The van der Waals surface area contributed by atoms with E-state index in [1.807, 2.05) is 36.8 Å². The molecular formula is C20H25ClN10OS. The molecule has 1 saturated heterocycles. The Kier molecular flexibility index (Phi) is 5.79. The third-order valence-corrected chi connectivity index (χ3v) is 6.90. The van der Waals surface area contributed by atoms with E-state index < -0.39 is 0 Å². The lowest BCUT2D eigenvalue weighted by molar-refractivity contribution is 0.144. The van der Waals surface area contributed by atoms with Gasteiger partial charge in [-0.25, -0.2) is 19.8 Å². The number of carbonyl (C=O) groups is 1. The number of rotatable bonds is 3. The highest BCUT2D eigenvalue weighted by molar-refractivity contribution is 8.01. The van der Waals surface area contributed by atoms with Crippen molar-refractivity contribution in [3.63, 3.8) is 0 Å². The van der Waals surface area contributed by atoms with Crippen LogP contribution < -0.4 is 10.2 Å². The fraction of sp³-hybridized carbons (Fsp3) is 0.450. The number of hydrogen-bond acceptors (Lipinski definition) is 8. The Morgan fingerprint density at radius 1 is 1.18 bits per heavy atom. The minimum Gasteiger partial charge on any atom is -0.356 e. The van der Waals surface area contributed by atoms with Gasteiger partial charge in [-0.15, -0.1) is 5.10 Å². The van der Waals surface area contributed by atoms with E-state index in [1.165, 1.54) is 0 Å². The third-order valence-electron chi connectivity index (χ3n) is 5.73. The monoisotopic (exact) mass is 488 g/mol. The van der Waals surface area contributed by atoms with Crippen LogP contribution >= 0.6 is 23.0 Å². The molecule has 1 N–H and O–H groups in total. The molecule has 174 valence electrons. The van der Waals surface area contributed by atoms with Crippen LogP contribution in [0.1, 0.15) is 25.0 Å². The van der Waals surface area contributed by atoms with Crippen LogP contribution in [0.5, 0.6) is 0 Å². The lowest BCUT2D eigenvalue weighted by atomic mass is 10.1. The Balaban J connectivity index is 1.26. The zero-order chi connectivity index (χ0) is 23.1. The minimum absolute atomic E-state index is 0.0722. The van der Waals surface area contributed by atoms with E-state index in [-0.39, 0.29) is 12.1 Å². The summed E-state index contributed by atoms with van der Waals surface area (Å²) in [6.07, 6.45) is 4.11. The first kappa shape index (κ1) is 21.8. The molecule has 0 aliphatic carbocycles. The molecule has 5 rings (SSSR count). The van der Waals surface area contributed by atoms with Crippen molar-refractivity contribution in [3.05, 3.63) is 34.0 Å². The lowest BCUT2D eigenvalue weighted by Gasteiger charge is -2.37. The quantitative estimate of drug-likeness (QED) is 0.500. The summed E-state index contributed by atoms with van der Waals surface area (Å²) in [4.78, 5) is 31.6. The van der Waals surface area contributed by atoms with Gasteiger partial charge in [0.25, 0.3) is 0 Å². The first-order chi connectivity index (χ1) is 15.9. The largest absolute Gasteiger partial charge is 0.356 e. The van der Waals surface area contributed by atoms with Crippen LogP contribution in [0.15, 0.2) is 22.4 Å². The van der Waals surface area contributed by atoms with Gasteiger partial charge in [-0.05, 0) is 26.2 Å². The summed E-state index contributed by atoms with van der Waals surface area (Å²) in [5.74, 6) is 2.40. The van der Waals surface area contributed by atoms with Crippen LogP contribution in [-0.2, 0) is 0 Å². The van der Waals surface area contributed by atoms with E-state index in [1.54, 1.807) is 15.9 Å². The van der Waals surface area contributed by atoms with Crippen LogP contribution in [-0.4, -0.2) is 84.1 Å². The number of aryl methyl sites for hydroxylation is 2. The number of amides is 2. The van der Waals surface area contributed by atoms with Crippen molar-refractivity contribution in [1.29, 1.82) is 0 Å². The molecule has 2 aromatic heterocycles. The van der Waals surface area contributed by atoms with Gasteiger partial charge in [0.15, 0.2) is 5.82 Å². The fourth-order valence-corrected chi connectivity index (χ4v) is 5.01. The molecule has 2 aromatic rings. The molecule has 1 atom stereocenters. The maximum Gasteiger partial charge on any atom is 0.341 e. The van der Waals surface area contributed by atoms with Gasteiger partial charge in [0.2, 0.25) is 5.95 Å². The molecule has 33 heavy (non-hydrogen) atoms. The van der Waals surface area contributed by atoms with Crippen molar-refractivity contribution >= 4 is 46.1 Å².